The Kier molecular flexibility index (Phi) is 3.39. The van der Waals surface area contributed by atoms with Crippen LogP contribution < -0.4 is 0 Å². The summed E-state index contributed by atoms with van der Waals surface area (Å²) in [5.74, 6) is 2.64. The van der Waals surface area contributed by atoms with Crippen LogP contribution in [0.4, 0.5) is 0 Å². The van der Waals surface area contributed by atoms with E-state index in [0.29, 0.717) is 5.41 Å². The summed E-state index contributed by atoms with van der Waals surface area (Å²) in [4.78, 5) is 0. The molecule has 0 amide bonds. The highest BCUT2D eigenvalue weighted by molar-refractivity contribution is 4.87. The first-order chi connectivity index (χ1) is 5.95. The van der Waals surface area contributed by atoms with Gasteiger partial charge in [-0.25, -0.2) is 0 Å². The van der Waals surface area contributed by atoms with E-state index < -0.39 is 0 Å². The van der Waals surface area contributed by atoms with E-state index in [4.69, 9.17) is 4.74 Å². The fourth-order valence-corrected chi connectivity index (χ4v) is 2.27. The highest BCUT2D eigenvalue weighted by Gasteiger charge is 2.37. The van der Waals surface area contributed by atoms with Crippen LogP contribution in [0.1, 0.15) is 40.5 Å². The minimum absolute atomic E-state index is 0.475. The van der Waals surface area contributed by atoms with Crippen molar-refractivity contribution >= 4 is 0 Å². The molecule has 1 heteroatoms. The van der Waals surface area contributed by atoms with Crippen molar-refractivity contribution in [2.24, 2.45) is 23.2 Å². The van der Waals surface area contributed by atoms with Crippen LogP contribution in [0.5, 0.6) is 0 Å². The molecule has 0 aromatic heterocycles. The van der Waals surface area contributed by atoms with E-state index in [0.717, 1.165) is 24.4 Å². The largest absolute Gasteiger partial charge is 0.384 e. The predicted molar refractivity (Wildman–Crippen MR) is 56.7 cm³/mol. The van der Waals surface area contributed by atoms with Crippen LogP contribution in [0.15, 0.2) is 0 Å². The zero-order valence-corrected chi connectivity index (χ0v) is 9.76. The first-order valence-corrected chi connectivity index (χ1v) is 5.44. The number of hydrogen-bond acceptors (Lipinski definition) is 1. The van der Waals surface area contributed by atoms with Crippen LogP contribution >= 0.6 is 0 Å². The smallest absolute Gasteiger partial charge is 0.0490 e. The third-order valence-corrected chi connectivity index (χ3v) is 3.75. The number of rotatable bonds is 3. The highest BCUT2D eigenvalue weighted by atomic mass is 16.5. The molecule has 1 atom stereocenters. The highest BCUT2D eigenvalue weighted by Crippen LogP contribution is 2.45. The Balaban J connectivity index is 2.27. The molecule has 1 saturated carbocycles. The molecule has 1 aliphatic rings. The molecule has 0 aromatic carbocycles. The summed E-state index contributed by atoms with van der Waals surface area (Å²) in [7, 11) is 1.81. The summed E-state index contributed by atoms with van der Waals surface area (Å²) >= 11 is 0. The van der Waals surface area contributed by atoms with Gasteiger partial charge in [-0.1, -0.05) is 27.7 Å². The van der Waals surface area contributed by atoms with Crippen molar-refractivity contribution in [3.05, 3.63) is 0 Å². The lowest BCUT2D eigenvalue weighted by Crippen LogP contribution is -2.36. The summed E-state index contributed by atoms with van der Waals surface area (Å²) in [5.41, 5.74) is 0.475. The van der Waals surface area contributed by atoms with Crippen LogP contribution in [0, 0.1) is 23.2 Å². The summed E-state index contributed by atoms with van der Waals surface area (Å²) in [6, 6.07) is 0. The standard InChI is InChI=1S/C12H24O/c1-9(12(2,3)4)11-6-10(7-11)8-13-5/h9-11H,6-8H2,1-5H3/t9-,10?,11?/m1/s1. The number of methoxy groups -OCH3 is 1. The molecule has 0 heterocycles. The Morgan fingerprint density at radius 1 is 1.31 bits per heavy atom. The summed E-state index contributed by atoms with van der Waals surface area (Å²) in [6.45, 7) is 10.4. The lowest BCUT2D eigenvalue weighted by atomic mass is 9.62. The second-order valence-corrected chi connectivity index (χ2v) is 5.71. The second-order valence-electron chi connectivity index (χ2n) is 5.71. The van der Waals surface area contributed by atoms with Crippen molar-refractivity contribution in [2.45, 2.75) is 40.5 Å². The molecule has 78 valence electrons. The molecule has 0 spiro atoms. The van der Waals surface area contributed by atoms with E-state index in [9.17, 15) is 0 Å². The third-order valence-electron chi connectivity index (χ3n) is 3.75. The molecule has 1 fully saturated rings. The first-order valence-electron chi connectivity index (χ1n) is 5.44. The maximum atomic E-state index is 5.16. The van der Waals surface area contributed by atoms with E-state index >= 15 is 0 Å². The topological polar surface area (TPSA) is 9.23 Å². The second kappa shape index (κ2) is 4.00. The molecular formula is C12H24O. The van der Waals surface area contributed by atoms with Gasteiger partial charge in [-0.2, -0.15) is 0 Å². The van der Waals surface area contributed by atoms with Crippen molar-refractivity contribution in [1.29, 1.82) is 0 Å². The van der Waals surface area contributed by atoms with Crippen molar-refractivity contribution < 1.29 is 4.74 Å². The van der Waals surface area contributed by atoms with Crippen LogP contribution in [0.3, 0.4) is 0 Å². The van der Waals surface area contributed by atoms with Crippen molar-refractivity contribution in [2.75, 3.05) is 13.7 Å². The van der Waals surface area contributed by atoms with Gasteiger partial charge in [-0.15, -0.1) is 0 Å². The van der Waals surface area contributed by atoms with E-state index in [1.54, 1.807) is 7.11 Å². The zero-order chi connectivity index (χ0) is 10.1. The van der Waals surface area contributed by atoms with Gasteiger partial charge in [0.05, 0.1) is 0 Å². The quantitative estimate of drug-likeness (QED) is 0.653. The summed E-state index contributed by atoms with van der Waals surface area (Å²) in [6.07, 6.45) is 2.76. The molecule has 1 rings (SSSR count). The van der Waals surface area contributed by atoms with Gasteiger partial charge in [-0.05, 0) is 36.0 Å². The zero-order valence-electron chi connectivity index (χ0n) is 9.76. The van der Waals surface area contributed by atoms with Gasteiger partial charge in [0.2, 0.25) is 0 Å². The fourth-order valence-electron chi connectivity index (χ4n) is 2.27. The first kappa shape index (κ1) is 11.0. The molecule has 0 aromatic rings. The number of ether oxygens (including phenoxy) is 1. The van der Waals surface area contributed by atoms with Gasteiger partial charge >= 0.3 is 0 Å². The Bertz CT molecular complexity index is 151. The maximum Gasteiger partial charge on any atom is 0.0490 e. The molecule has 0 aliphatic heterocycles. The van der Waals surface area contributed by atoms with Crippen LogP contribution in [0.25, 0.3) is 0 Å². The van der Waals surface area contributed by atoms with E-state index in [2.05, 4.69) is 27.7 Å². The van der Waals surface area contributed by atoms with Gasteiger partial charge in [0, 0.05) is 13.7 Å². The monoisotopic (exact) mass is 184 g/mol. The normalized spacial score (nSPS) is 31.2. The van der Waals surface area contributed by atoms with E-state index in [-0.39, 0.29) is 0 Å². The van der Waals surface area contributed by atoms with Crippen molar-refractivity contribution in [3.8, 4) is 0 Å². The Morgan fingerprint density at radius 3 is 2.23 bits per heavy atom. The maximum absolute atomic E-state index is 5.16. The SMILES string of the molecule is COCC1CC([C@@H](C)C(C)(C)C)C1. The van der Waals surface area contributed by atoms with E-state index in [1.807, 2.05) is 0 Å². The molecule has 0 saturated heterocycles. The summed E-state index contributed by atoms with van der Waals surface area (Å²) in [5, 5.41) is 0. The minimum atomic E-state index is 0.475. The molecule has 0 radical (unpaired) electrons. The molecular weight excluding hydrogens is 160 g/mol. The van der Waals surface area contributed by atoms with Crippen LogP contribution in [-0.4, -0.2) is 13.7 Å². The lowest BCUT2D eigenvalue weighted by molar-refractivity contribution is 0.0194. The summed E-state index contributed by atoms with van der Waals surface area (Å²) < 4.78 is 5.16. The molecule has 0 bridgehead atoms. The molecule has 13 heavy (non-hydrogen) atoms. The molecule has 1 aliphatic carbocycles. The molecule has 0 N–H and O–H groups in total. The van der Waals surface area contributed by atoms with Gasteiger partial charge in [0.25, 0.3) is 0 Å². The van der Waals surface area contributed by atoms with Crippen LogP contribution in [0.2, 0.25) is 0 Å². The predicted octanol–water partition coefficient (Wildman–Crippen LogP) is 3.34. The van der Waals surface area contributed by atoms with Gasteiger partial charge in [-0.3, -0.25) is 0 Å². The van der Waals surface area contributed by atoms with E-state index in [1.165, 1.54) is 12.8 Å². The minimum Gasteiger partial charge on any atom is -0.384 e. The third kappa shape index (κ3) is 2.70. The van der Waals surface area contributed by atoms with Gasteiger partial charge in [0.15, 0.2) is 0 Å². The Morgan fingerprint density at radius 2 is 1.85 bits per heavy atom. The molecule has 1 nitrogen and oxygen atoms in total. The average Bonchev–Trinajstić information content (AvgIpc) is 1.92. The Hall–Kier alpha value is -0.0400. The average molecular weight is 184 g/mol. The number of hydrogen-bond donors (Lipinski definition) is 0. The Labute approximate surface area is 82.9 Å². The van der Waals surface area contributed by atoms with Gasteiger partial charge < -0.3 is 4.74 Å². The van der Waals surface area contributed by atoms with Gasteiger partial charge in [0.1, 0.15) is 0 Å². The van der Waals surface area contributed by atoms with Crippen molar-refractivity contribution in [1.82, 2.24) is 0 Å². The lowest BCUT2D eigenvalue weighted by Gasteiger charge is -2.44. The fraction of sp³-hybridized carbons (Fsp3) is 1.00. The van der Waals surface area contributed by atoms with Crippen LogP contribution in [-0.2, 0) is 4.74 Å². The molecule has 0 unspecified atom stereocenters. The van der Waals surface area contributed by atoms with Crippen molar-refractivity contribution in [3.63, 3.8) is 0 Å².